The highest BCUT2D eigenvalue weighted by Crippen LogP contribution is 2.24. The largest absolute Gasteiger partial charge is 0.459 e. The molecule has 150 valence electrons. The van der Waals surface area contributed by atoms with Gasteiger partial charge in [0.15, 0.2) is 0 Å². The van der Waals surface area contributed by atoms with Gasteiger partial charge in [-0.15, -0.1) is 0 Å². The average molecular weight is 366 g/mol. The van der Waals surface area contributed by atoms with Crippen LogP contribution in [0.2, 0.25) is 0 Å². The van der Waals surface area contributed by atoms with E-state index in [0.29, 0.717) is 12.0 Å². The molecule has 0 saturated carbocycles. The zero-order valence-corrected chi connectivity index (χ0v) is 17.4. The molecule has 4 nitrogen and oxygen atoms in total. The fourth-order valence-corrected chi connectivity index (χ4v) is 3.61. The molecule has 4 heteroatoms. The number of likely N-dealkylation sites (tertiary alicyclic amines) is 1. The second-order valence-corrected chi connectivity index (χ2v) is 7.68. The molecule has 0 spiro atoms. The Kier molecular flexibility index (Phi) is 11.3. The number of amides is 1. The fourth-order valence-electron chi connectivity index (χ4n) is 3.61. The van der Waals surface area contributed by atoms with Crippen molar-refractivity contribution >= 4 is 11.9 Å². The molecule has 1 rings (SSSR count). The molecule has 1 heterocycles. The van der Waals surface area contributed by atoms with Gasteiger partial charge in [0, 0.05) is 31.0 Å². The van der Waals surface area contributed by atoms with E-state index in [-0.39, 0.29) is 24.0 Å². The average Bonchev–Trinajstić information content (AvgIpc) is 3.07. The molecule has 0 unspecified atom stereocenters. The fraction of sp³-hybridized carbons (Fsp3) is 0.818. The summed E-state index contributed by atoms with van der Waals surface area (Å²) in [5.74, 6) is 0.0307. The molecule has 0 aromatic rings. The van der Waals surface area contributed by atoms with Crippen LogP contribution in [0.3, 0.4) is 0 Å². The summed E-state index contributed by atoms with van der Waals surface area (Å²) in [6, 6.07) is 0.223. The monoisotopic (exact) mass is 365 g/mol. The highest BCUT2D eigenvalue weighted by molar-refractivity contribution is 5.87. The molecule has 0 aromatic carbocycles. The molecule has 0 aliphatic carbocycles. The highest BCUT2D eigenvalue weighted by atomic mass is 16.5. The zero-order valence-electron chi connectivity index (χ0n) is 17.4. The van der Waals surface area contributed by atoms with Crippen LogP contribution >= 0.6 is 0 Å². The summed E-state index contributed by atoms with van der Waals surface area (Å²) in [5, 5.41) is 0. The minimum atomic E-state index is -0.251. The quantitative estimate of drug-likeness (QED) is 0.264. The lowest BCUT2D eigenvalue weighted by Gasteiger charge is -2.27. The molecular formula is C22H39NO3. The van der Waals surface area contributed by atoms with E-state index < -0.39 is 0 Å². The summed E-state index contributed by atoms with van der Waals surface area (Å²) in [6.45, 7) is 8.62. The van der Waals surface area contributed by atoms with Crippen LogP contribution < -0.4 is 0 Å². The number of carbonyl (C=O) groups is 2. The Morgan fingerprint density at radius 3 is 2.46 bits per heavy atom. The molecule has 1 saturated heterocycles. The lowest BCUT2D eigenvalue weighted by atomic mass is 10.1. The van der Waals surface area contributed by atoms with Crippen LogP contribution in [-0.2, 0) is 14.3 Å². The number of allylic oxidation sites excluding steroid dienone is 1. The van der Waals surface area contributed by atoms with Crippen LogP contribution in [0.25, 0.3) is 0 Å². The molecule has 1 aliphatic rings. The third-order valence-corrected chi connectivity index (χ3v) is 5.36. The Bertz CT molecular complexity index is 458. The van der Waals surface area contributed by atoms with E-state index in [1.54, 1.807) is 13.0 Å². The van der Waals surface area contributed by atoms with Crippen molar-refractivity contribution in [1.82, 2.24) is 4.90 Å². The number of carbonyl (C=O) groups excluding carboxylic acids is 2. The van der Waals surface area contributed by atoms with Gasteiger partial charge in [-0.25, -0.2) is 4.79 Å². The molecule has 1 aliphatic heterocycles. The Morgan fingerprint density at radius 1 is 1.15 bits per heavy atom. The van der Waals surface area contributed by atoms with Gasteiger partial charge in [0.25, 0.3) is 0 Å². The van der Waals surface area contributed by atoms with Crippen LogP contribution in [0, 0.1) is 0 Å². The van der Waals surface area contributed by atoms with Crippen LogP contribution in [0.4, 0.5) is 0 Å². The van der Waals surface area contributed by atoms with Crippen molar-refractivity contribution in [3.05, 3.63) is 11.6 Å². The molecule has 0 aromatic heterocycles. The number of hydrogen-bond acceptors (Lipinski definition) is 3. The molecule has 0 N–H and O–H groups in total. The molecule has 0 radical (unpaired) electrons. The SMILES string of the molecule is C/C=C(\C)C(=O)O[C@@H](C)C[C@H]1CCCN1C(=O)CCCCCCCCC. The van der Waals surface area contributed by atoms with Gasteiger partial charge < -0.3 is 9.64 Å². The molecular weight excluding hydrogens is 326 g/mol. The van der Waals surface area contributed by atoms with Crippen LogP contribution in [0.5, 0.6) is 0 Å². The van der Waals surface area contributed by atoms with E-state index in [4.69, 9.17) is 4.74 Å². The van der Waals surface area contributed by atoms with Crippen LogP contribution in [0.1, 0.15) is 98.3 Å². The summed E-state index contributed by atoms with van der Waals surface area (Å²) in [6.07, 6.45) is 13.7. The second kappa shape index (κ2) is 12.9. The first-order chi connectivity index (χ1) is 12.5. The predicted molar refractivity (Wildman–Crippen MR) is 107 cm³/mol. The maximum atomic E-state index is 12.6. The van der Waals surface area contributed by atoms with Gasteiger partial charge in [0.1, 0.15) is 6.10 Å². The summed E-state index contributed by atoms with van der Waals surface area (Å²) < 4.78 is 5.49. The maximum absolute atomic E-state index is 12.6. The minimum Gasteiger partial charge on any atom is -0.459 e. The smallest absolute Gasteiger partial charge is 0.333 e. The van der Waals surface area contributed by atoms with E-state index in [1.165, 1.54) is 32.1 Å². The number of nitrogens with zero attached hydrogens (tertiary/aromatic N) is 1. The highest BCUT2D eigenvalue weighted by Gasteiger charge is 2.30. The van der Waals surface area contributed by atoms with Gasteiger partial charge in [-0.05, 0) is 40.0 Å². The molecule has 2 atom stereocenters. The van der Waals surface area contributed by atoms with E-state index in [1.807, 2.05) is 18.7 Å². The van der Waals surface area contributed by atoms with Gasteiger partial charge in [-0.2, -0.15) is 0 Å². The molecule has 0 bridgehead atoms. The predicted octanol–water partition coefficient (Wildman–Crippen LogP) is 5.41. The first-order valence-electron chi connectivity index (χ1n) is 10.6. The zero-order chi connectivity index (χ0) is 19.4. The summed E-state index contributed by atoms with van der Waals surface area (Å²) in [4.78, 5) is 26.5. The summed E-state index contributed by atoms with van der Waals surface area (Å²) in [7, 11) is 0. The van der Waals surface area contributed by atoms with Crippen molar-refractivity contribution in [2.45, 2.75) is 110 Å². The van der Waals surface area contributed by atoms with Crippen molar-refractivity contribution < 1.29 is 14.3 Å². The van der Waals surface area contributed by atoms with E-state index in [0.717, 1.165) is 38.6 Å². The van der Waals surface area contributed by atoms with E-state index in [9.17, 15) is 9.59 Å². The lowest BCUT2D eigenvalue weighted by molar-refractivity contribution is -0.144. The number of rotatable bonds is 12. The van der Waals surface area contributed by atoms with Gasteiger partial charge in [0.2, 0.25) is 5.91 Å². The summed E-state index contributed by atoms with van der Waals surface area (Å²) >= 11 is 0. The Morgan fingerprint density at radius 2 is 1.81 bits per heavy atom. The third kappa shape index (κ3) is 8.37. The molecule has 1 fully saturated rings. The van der Waals surface area contributed by atoms with Crippen molar-refractivity contribution in [3.63, 3.8) is 0 Å². The standard InChI is InChI=1S/C22H39NO3/c1-5-7-8-9-10-11-12-15-21(24)23-16-13-14-20(23)17-19(4)26-22(25)18(3)6-2/h6,19-20H,5,7-17H2,1-4H3/b18-6+/t19-,20+/m0/s1. The van der Waals surface area contributed by atoms with Crippen molar-refractivity contribution in [1.29, 1.82) is 0 Å². The topological polar surface area (TPSA) is 46.6 Å². The molecule has 1 amide bonds. The minimum absolute atomic E-state index is 0.158. The number of unbranched alkanes of at least 4 members (excludes halogenated alkanes) is 6. The Balaban J connectivity index is 2.30. The third-order valence-electron chi connectivity index (χ3n) is 5.36. The normalized spacial score (nSPS) is 18.8. The second-order valence-electron chi connectivity index (χ2n) is 7.68. The van der Waals surface area contributed by atoms with E-state index >= 15 is 0 Å². The van der Waals surface area contributed by atoms with Crippen LogP contribution in [-0.4, -0.2) is 35.5 Å². The first-order valence-corrected chi connectivity index (χ1v) is 10.6. The number of esters is 1. The van der Waals surface area contributed by atoms with Gasteiger partial charge in [0.05, 0.1) is 0 Å². The molecule has 26 heavy (non-hydrogen) atoms. The Hall–Kier alpha value is -1.32. The first kappa shape index (κ1) is 22.7. The van der Waals surface area contributed by atoms with Gasteiger partial charge in [-0.3, -0.25) is 4.79 Å². The number of hydrogen-bond donors (Lipinski definition) is 0. The van der Waals surface area contributed by atoms with Gasteiger partial charge in [-0.1, -0.05) is 51.5 Å². The lowest BCUT2D eigenvalue weighted by Crippen LogP contribution is -2.37. The van der Waals surface area contributed by atoms with Crippen molar-refractivity contribution in [3.8, 4) is 0 Å². The number of ether oxygens (including phenoxy) is 1. The van der Waals surface area contributed by atoms with E-state index in [2.05, 4.69) is 6.92 Å². The maximum Gasteiger partial charge on any atom is 0.333 e. The van der Waals surface area contributed by atoms with Crippen molar-refractivity contribution in [2.24, 2.45) is 0 Å². The van der Waals surface area contributed by atoms with Crippen molar-refractivity contribution in [2.75, 3.05) is 6.54 Å². The van der Waals surface area contributed by atoms with Crippen LogP contribution in [0.15, 0.2) is 11.6 Å². The van der Waals surface area contributed by atoms with Gasteiger partial charge >= 0.3 is 5.97 Å². The summed E-state index contributed by atoms with van der Waals surface area (Å²) in [5.41, 5.74) is 0.634. The Labute approximate surface area is 160 Å².